The third-order valence-corrected chi connectivity index (χ3v) is 10.6. The van der Waals surface area contributed by atoms with Crippen LogP contribution in [0.4, 0.5) is 5.69 Å². The molecule has 0 aliphatic carbocycles. The summed E-state index contributed by atoms with van der Waals surface area (Å²) in [5.74, 6) is 1.21. The summed E-state index contributed by atoms with van der Waals surface area (Å²) >= 11 is 0. The maximum Gasteiger partial charge on any atom is 0.275 e. The van der Waals surface area contributed by atoms with Crippen LogP contribution in [-0.4, -0.2) is 91.1 Å². The van der Waals surface area contributed by atoms with Crippen LogP contribution in [0.5, 0.6) is 11.5 Å². The van der Waals surface area contributed by atoms with Crippen LogP contribution in [0.2, 0.25) is 0 Å². The number of hydrogen-bond acceptors (Lipinski definition) is 12. The predicted molar refractivity (Wildman–Crippen MR) is 214 cm³/mol. The fourth-order valence-electron chi connectivity index (χ4n) is 7.85. The lowest BCUT2D eigenvalue weighted by molar-refractivity contribution is 0.355. The number of aromatic nitrogens is 8. The van der Waals surface area contributed by atoms with Crippen molar-refractivity contribution in [2.75, 3.05) is 45.3 Å². The highest BCUT2D eigenvalue weighted by Crippen LogP contribution is 2.32. The Morgan fingerprint density at radius 1 is 0.786 bits per heavy atom. The minimum absolute atomic E-state index is 0.0996. The summed E-state index contributed by atoms with van der Waals surface area (Å²) in [6.07, 6.45) is 7.96. The van der Waals surface area contributed by atoms with Crippen LogP contribution < -0.4 is 36.1 Å². The van der Waals surface area contributed by atoms with E-state index in [1.54, 1.807) is 41.3 Å². The van der Waals surface area contributed by atoms with Crippen molar-refractivity contribution >= 4 is 28.1 Å². The summed E-state index contributed by atoms with van der Waals surface area (Å²) in [6.45, 7) is 7.63. The fraction of sp³-hybridized carbons (Fsp3) is 0.293. The Kier molecular flexibility index (Phi) is 9.02. The predicted octanol–water partition coefficient (Wildman–Crippen LogP) is 3.72. The first-order valence-corrected chi connectivity index (χ1v) is 18.7. The van der Waals surface area contributed by atoms with Gasteiger partial charge in [-0.15, -0.1) is 0 Å². The molecule has 284 valence electrons. The molecule has 0 saturated carbocycles. The summed E-state index contributed by atoms with van der Waals surface area (Å²) in [5.41, 5.74) is 9.15. The van der Waals surface area contributed by atoms with Gasteiger partial charge in [-0.05, 0) is 87.3 Å². The normalized spacial score (nSPS) is 17.6. The van der Waals surface area contributed by atoms with E-state index >= 15 is 0 Å². The average molecular weight is 752 g/mol. The lowest BCUT2D eigenvalue weighted by Gasteiger charge is -2.29. The van der Waals surface area contributed by atoms with Crippen molar-refractivity contribution in [2.45, 2.75) is 38.8 Å². The molecule has 2 bridgehead atoms. The van der Waals surface area contributed by atoms with Gasteiger partial charge in [0.05, 0.1) is 60.1 Å². The molecule has 3 aliphatic rings. The van der Waals surface area contributed by atoms with E-state index in [2.05, 4.69) is 47.8 Å². The Morgan fingerprint density at radius 3 is 2.38 bits per heavy atom. The fourth-order valence-corrected chi connectivity index (χ4v) is 7.85. The van der Waals surface area contributed by atoms with Gasteiger partial charge in [0.2, 0.25) is 0 Å². The average Bonchev–Trinajstić information content (AvgIpc) is 3.98. The molecule has 0 spiro atoms. The van der Waals surface area contributed by atoms with Gasteiger partial charge in [-0.25, -0.2) is 14.5 Å². The van der Waals surface area contributed by atoms with Gasteiger partial charge in [0.1, 0.15) is 11.3 Å². The van der Waals surface area contributed by atoms with Crippen LogP contribution in [0.25, 0.3) is 45.0 Å². The van der Waals surface area contributed by atoms with Gasteiger partial charge in [0.15, 0.2) is 17.1 Å². The number of ether oxygens (including phenoxy) is 2. The number of nitrogens with one attached hydrogen (secondary N) is 2. The Bertz CT molecular complexity index is 2810. The van der Waals surface area contributed by atoms with E-state index in [1.807, 2.05) is 56.6 Å². The van der Waals surface area contributed by atoms with E-state index in [4.69, 9.17) is 14.5 Å². The first kappa shape index (κ1) is 35.3. The number of pyridine rings is 1. The summed E-state index contributed by atoms with van der Waals surface area (Å²) < 4.78 is 15.4. The van der Waals surface area contributed by atoms with Gasteiger partial charge >= 0.3 is 0 Å². The van der Waals surface area contributed by atoms with E-state index in [1.165, 1.54) is 17.0 Å². The molecule has 2 atom stereocenters. The molecule has 6 aromatic heterocycles. The third kappa shape index (κ3) is 6.54. The number of rotatable bonds is 6. The molecule has 10 rings (SSSR count). The number of fused-ring (bicyclic) bond motifs is 5. The van der Waals surface area contributed by atoms with Crippen LogP contribution >= 0.6 is 0 Å². The number of piperazine rings is 1. The van der Waals surface area contributed by atoms with Crippen LogP contribution in [0, 0.1) is 13.8 Å². The Hall–Kier alpha value is -6.45. The second-order valence-electron chi connectivity index (χ2n) is 14.3. The minimum Gasteiger partial charge on any atom is -0.493 e. The van der Waals surface area contributed by atoms with Crippen molar-refractivity contribution in [3.63, 3.8) is 0 Å². The molecule has 56 heavy (non-hydrogen) atoms. The van der Waals surface area contributed by atoms with Crippen LogP contribution in [0.15, 0.2) is 88.7 Å². The molecule has 1 aromatic carbocycles. The molecular formula is C41H41N11O4. The van der Waals surface area contributed by atoms with Crippen molar-refractivity contribution in [3.05, 3.63) is 117 Å². The van der Waals surface area contributed by atoms with Crippen LogP contribution in [-0.2, 0) is 0 Å². The number of methoxy groups -OCH3 is 2. The standard InChI is InChI=1S/C21H21N7O.C20H20N4O3/c1-12-9-28-19(13(2)23-12)6-18(25-28)17-7-21(29)27-11-15(3-4-20(27)24-17)26-10-14-5-16(26)8-22-14;1-26-17-5-3-14(11-18(17)27-2)16-12-20(25)24-19(22-16)6-4-15(23-24)13-7-9-21-10-8-13/h3-4,6-7,9,11,14,16,22H,5,8,10H2,1-2H3;3-7,11-12,21H,8-10H2,1-2H3/t14-,16-;/m0./s1. The van der Waals surface area contributed by atoms with E-state index in [-0.39, 0.29) is 11.1 Å². The van der Waals surface area contributed by atoms with E-state index in [0.717, 1.165) is 72.0 Å². The van der Waals surface area contributed by atoms with Crippen molar-refractivity contribution < 1.29 is 9.47 Å². The molecule has 3 aliphatic heterocycles. The maximum atomic E-state index is 12.9. The largest absolute Gasteiger partial charge is 0.493 e. The van der Waals surface area contributed by atoms with Crippen molar-refractivity contribution in [2.24, 2.45) is 0 Å². The molecule has 9 heterocycles. The second kappa shape index (κ2) is 14.3. The minimum atomic E-state index is -0.221. The zero-order valence-corrected chi connectivity index (χ0v) is 31.6. The van der Waals surface area contributed by atoms with Crippen LogP contribution in [0.3, 0.4) is 0 Å². The van der Waals surface area contributed by atoms with Gasteiger partial charge in [-0.1, -0.05) is 6.08 Å². The highest BCUT2D eigenvalue weighted by Gasteiger charge is 2.37. The molecule has 0 radical (unpaired) electrons. The first-order valence-electron chi connectivity index (χ1n) is 18.7. The lowest BCUT2D eigenvalue weighted by atomic mass is 10.1. The maximum absolute atomic E-state index is 12.9. The molecular weight excluding hydrogens is 711 g/mol. The zero-order chi connectivity index (χ0) is 38.5. The Balaban J connectivity index is 0.000000147. The number of anilines is 1. The molecule has 15 heteroatoms. The van der Waals surface area contributed by atoms with Crippen molar-refractivity contribution in [1.82, 2.24) is 49.2 Å². The molecule has 0 amide bonds. The molecule has 7 aromatic rings. The van der Waals surface area contributed by atoms with Crippen molar-refractivity contribution in [3.8, 4) is 34.1 Å². The second-order valence-corrected chi connectivity index (χ2v) is 14.3. The topological polar surface area (TPSA) is 158 Å². The Morgan fingerprint density at radius 2 is 1.61 bits per heavy atom. The Labute approximate surface area is 321 Å². The zero-order valence-electron chi connectivity index (χ0n) is 31.6. The van der Waals surface area contributed by atoms with E-state index in [0.29, 0.717) is 52.0 Å². The molecule has 2 N–H and O–H groups in total. The third-order valence-electron chi connectivity index (χ3n) is 10.6. The molecule has 15 nitrogen and oxygen atoms in total. The highest BCUT2D eigenvalue weighted by atomic mass is 16.5. The summed E-state index contributed by atoms with van der Waals surface area (Å²) in [5, 5.41) is 15.9. The molecule has 0 unspecified atom stereocenters. The van der Waals surface area contributed by atoms with E-state index in [9.17, 15) is 9.59 Å². The van der Waals surface area contributed by atoms with Crippen molar-refractivity contribution in [1.29, 1.82) is 0 Å². The number of aryl methyl sites for hydroxylation is 2. The molecule has 2 fully saturated rings. The number of nitrogens with zero attached hydrogens (tertiary/aromatic N) is 9. The van der Waals surface area contributed by atoms with Gasteiger partial charge in [-0.3, -0.25) is 19.0 Å². The summed E-state index contributed by atoms with van der Waals surface area (Å²) in [4.78, 5) is 41.7. The van der Waals surface area contributed by atoms with Gasteiger partial charge in [0.25, 0.3) is 11.1 Å². The van der Waals surface area contributed by atoms with Crippen LogP contribution in [0.1, 0.15) is 29.9 Å². The lowest BCUT2D eigenvalue weighted by Crippen LogP contribution is -2.43. The first-order chi connectivity index (χ1) is 27.2. The van der Waals surface area contributed by atoms with Gasteiger partial charge in [0, 0.05) is 55.6 Å². The van der Waals surface area contributed by atoms with Gasteiger partial charge in [-0.2, -0.15) is 14.7 Å². The smallest absolute Gasteiger partial charge is 0.275 e. The van der Waals surface area contributed by atoms with Gasteiger partial charge < -0.3 is 25.0 Å². The SMILES string of the molecule is COc1ccc(-c2cc(=O)n3nc(C4=CCNCC4)ccc3n2)cc1OC.Cc1cn2nc(-c3cc(=O)n4cc(N5C[C@@H]6C[C@H]5CN6)ccc4n3)cc2c(C)n1. The highest BCUT2D eigenvalue weighted by molar-refractivity contribution is 5.68. The quantitative estimate of drug-likeness (QED) is 0.254. The summed E-state index contributed by atoms with van der Waals surface area (Å²) in [6, 6.07) is 19.2. The number of benzene rings is 1. The molecule has 2 saturated heterocycles. The monoisotopic (exact) mass is 751 g/mol. The van der Waals surface area contributed by atoms with E-state index < -0.39 is 0 Å². The summed E-state index contributed by atoms with van der Waals surface area (Å²) in [7, 11) is 3.16. The number of hydrogen-bond donors (Lipinski definition) is 2.